The van der Waals surface area contributed by atoms with E-state index < -0.39 is 24.1 Å². The summed E-state index contributed by atoms with van der Waals surface area (Å²) >= 11 is 0.832. The zero-order valence-corrected chi connectivity index (χ0v) is 13.9. The molecule has 2 heterocycles. The lowest BCUT2D eigenvalue weighted by Gasteiger charge is -2.32. The highest BCUT2D eigenvalue weighted by atomic mass is 32.1. The van der Waals surface area contributed by atoms with Crippen LogP contribution in [0.3, 0.4) is 0 Å². The Labute approximate surface area is 149 Å². The summed E-state index contributed by atoms with van der Waals surface area (Å²) in [4.78, 5) is 4.08. The lowest BCUT2D eigenvalue weighted by atomic mass is 10.0. The summed E-state index contributed by atoms with van der Waals surface area (Å²) in [7, 11) is 0. The van der Waals surface area contributed by atoms with Gasteiger partial charge in [0.1, 0.15) is 5.82 Å². The van der Waals surface area contributed by atoms with Crippen LogP contribution in [0.4, 0.5) is 22.7 Å². The van der Waals surface area contributed by atoms with Crippen molar-refractivity contribution in [2.75, 3.05) is 5.01 Å². The quantitative estimate of drug-likeness (QED) is 0.674. The molecule has 0 aliphatic carbocycles. The van der Waals surface area contributed by atoms with Gasteiger partial charge in [0.15, 0.2) is 0 Å². The fraction of sp³-hybridized carbons (Fsp3) is 0.176. The Kier molecular flexibility index (Phi) is 3.74. The van der Waals surface area contributed by atoms with Gasteiger partial charge in [0, 0.05) is 0 Å². The Morgan fingerprint density at radius 2 is 1.85 bits per heavy atom. The first-order valence-corrected chi connectivity index (χ1v) is 8.38. The number of hydrogen-bond acceptors (Lipinski definition) is 5. The highest BCUT2D eigenvalue weighted by molar-refractivity contribution is 7.22. The molecule has 26 heavy (non-hydrogen) atoms. The Bertz CT molecular complexity index is 1000. The maximum atomic E-state index is 13.6. The maximum absolute atomic E-state index is 13.6. The Morgan fingerprint density at radius 3 is 2.54 bits per heavy atom. The van der Waals surface area contributed by atoms with E-state index in [9.17, 15) is 22.7 Å². The maximum Gasteiger partial charge on any atom is 0.438 e. The fourth-order valence-corrected chi connectivity index (χ4v) is 3.74. The minimum Gasteiger partial charge on any atom is -0.362 e. The van der Waals surface area contributed by atoms with E-state index in [0.29, 0.717) is 20.8 Å². The van der Waals surface area contributed by atoms with Gasteiger partial charge in [-0.25, -0.2) is 9.37 Å². The standard InChI is InChI=1S/C17H11F4N3OS/c18-11-6-7-12-14(8-11)26-15(22-12)24-16(25,17(19,20)21)9-13(23-24)10-4-2-1-3-5-10/h1-8,25H,9H2. The summed E-state index contributed by atoms with van der Waals surface area (Å²) in [5, 5.41) is 14.8. The molecule has 0 fully saturated rings. The third-order valence-electron chi connectivity index (χ3n) is 4.07. The number of benzene rings is 2. The van der Waals surface area contributed by atoms with Gasteiger partial charge in [0.25, 0.3) is 5.72 Å². The van der Waals surface area contributed by atoms with E-state index >= 15 is 0 Å². The van der Waals surface area contributed by atoms with E-state index in [1.54, 1.807) is 30.3 Å². The van der Waals surface area contributed by atoms with Gasteiger partial charge in [-0.3, -0.25) is 0 Å². The topological polar surface area (TPSA) is 48.7 Å². The largest absolute Gasteiger partial charge is 0.438 e. The van der Waals surface area contributed by atoms with Crippen molar-refractivity contribution in [2.45, 2.75) is 18.3 Å². The minimum absolute atomic E-state index is 0.0934. The van der Waals surface area contributed by atoms with Crippen LogP contribution >= 0.6 is 11.3 Å². The summed E-state index contributed by atoms with van der Waals surface area (Å²) in [5.41, 5.74) is -2.31. The molecule has 4 rings (SSSR count). The van der Waals surface area contributed by atoms with E-state index in [1.807, 2.05) is 0 Å². The molecule has 0 bridgehead atoms. The van der Waals surface area contributed by atoms with Crippen molar-refractivity contribution < 1.29 is 22.7 Å². The second kappa shape index (κ2) is 5.75. The molecule has 134 valence electrons. The van der Waals surface area contributed by atoms with Gasteiger partial charge < -0.3 is 5.11 Å². The monoisotopic (exact) mass is 381 g/mol. The van der Waals surface area contributed by atoms with Crippen LogP contribution in [-0.4, -0.2) is 27.7 Å². The number of aromatic nitrogens is 1. The summed E-state index contributed by atoms with van der Waals surface area (Å²) in [5.74, 6) is -0.520. The van der Waals surface area contributed by atoms with Crippen molar-refractivity contribution in [3.05, 3.63) is 59.9 Å². The molecule has 2 aromatic carbocycles. The Hall–Kier alpha value is -2.52. The van der Waals surface area contributed by atoms with Crippen LogP contribution in [0.1, 0.15) is 12.0 Å². The van der Waals surface area contributed by atoms with E-state index in [1.165, 1.54) is 18.2 Å². The van der Waals surface area contributed by atoms with Gasteiger partial charge in [0.05, 0.1) is 22.3 Å². The average Bonchev–Trinajstić information content (AvgIpc) is 3.16. The van der Waals surface area contributed by atoms with Crippen molar-refractivity contribution in [2.24, 2.45) is 5.10 Å². The molecule has 0 saturated heterocycles. The second-order valence-corrected chi connectivity index (χ2v) is 6.83. The van der Waals surface area contributed by atoms with Gasteiger partial charge in [-0.15, -0.1) is 0 Å². The first kappa shape index (κ1) is 16.9. The molecular formula is C17H11F4N3OS. The van der Waals surface area contributed by atoms with E-state index in [-0.39, 0.29) is 10.8 Å². The van der Waals surface area contributed by atoms with E-state index in [2.05, 4.69) is 10.1 Å². The highest BCUT2D eigenvalue weighted by Crippen LogP contribution is 2.45. The van der Waals surface area contributed by atoms with Crippen LogP contribution in [0, 0.1) is 5.82 Å². The van der Waals surface area contributed by atoms with Crippen molar-refractivity contribution in [1.82, 2.24) is 4.98 Å². The molecule has 0 amide bonds. The van der Waals surface area contributed by atoms with Gasteiger partial charge in [-0.2, -0.15) is 23.3 Å². The molecule has 4 nitrogen and oxygen atoms in total. The molecule has 1 unspecified atom stereocenters. The average molecular weight is 381 g/mol. The summed E-state index contributed by atoms with van der Waals surface area (Å²) < 4.78 is 54.6. The van der Waals surface area contributed by atoms with Gasteiger partial charge in [0.2, 0.25) is 5.13 Å². The van der Waals surface area contributed by atoms with Crippen molar-refractivity contribution in [3.63, 3.8) is 0 Å². The summed E-state index contributed by atoms with van der Waals surface area (Å²) in [6, 6.07) is 12.0. The number of nitrogens with zero attached hydrogens (tertiary/aromatic N) is 3. The van der Waals surface area contributed by atoms with Crippen LogP contribution in [0.2, 0.25) is 0 Å². The van der Waals surface area contributed by atoms with Gasteiger partial charge >= 0.3 is 6.18 Å². The lowest BCUT2D eigenvalue weighted by molar-refractivity contribution is -0.254. The lowest BCUT2D eigenvalue weighted by Crippen LogP contribution is -2.55. The van der Waals surface area contributed by atoms with E-state index in [0.717, 1.165) is 11.3 Å². The predicted molar refractivity (Wildman–Crippen MR) is 90.7 cm³/mol. The first-order valence-electron chi connectivity index (χ1n) is 7.56. The number of hydrogen-bond donors (Lipinski definition) is 1. The molecule has 0 radical (unpaired) electrons. The zero-order chi connectivity index (χ0) is 18.5. The van der Waals surface area contributed by atoms with Crippen LogP contribution in [0.15, 0.2) is 53.6 Å². The first-order chi connectivity index (χ1) is 12.3. The number of fused-ring (bicyclic) bond motifs is 1. The number of thiazole rings is 1. The molecule has 1 aromatic heterocycles. The molecule has 0 saturated carbocycles. The normalized spacial score (nSPS) is 20.7. The third-order valence-corrected chi connectivity index (χ3v) is 5.06. The molecule has 1 atom stereocenters. The predicted octanol–water partition coefficient (Wildman–Crippen LogP) is 4.30. The van der Waals surface area contributed by atoms with Crippen LogP contribution in [0.25, 0.3) is 10.2 Å². The molecule has 1 aliphatic heterocycles. The number of rotatable bonds is 2. The van der Waals surface area contributed by atoms with Gasteiger partial charge in [-0.1, -0.05) is 41.7 Å². The van der Waals surface area contributed by atoms with Crippen LogP contribution < -0.4 is 5.01 Å². The molecule has 3 aromatic rings. The van der Waals surface area contributed by atoms with Crippen LogP contribution in [0.5, 0.6) is 0 Å². The molecule has 1 N–H and O–H groups in total. The van der Waals surface area contributed by atoms with Crippen molar-refractivity contribution >= 4 is 32.4 Å². The number of aliphatic hydroxyl groups is 1. The number of halogens is 4. The molecule has 0 spiro atoms. The summed E-state index contributed by atoms with van der Waals surface area (Å²) in [6.45, 7) is 0. The number of hydrazone groups is 1. The minimum atomic E-state index is -4.96. The highest BCUT2D eigenvalue weighted by Gasteiger charge is 2.62. The summed E-state index contributed by atoms with van der Waals surface area (Å²) in [6.07, 6.45) is -5.69. The SMILES string of the molecule is OC1(C(F)(F)F)CC(c2ccccc2)=NN1c1nc2ccc(F)cc2s1. The number of alkyl halides is 3. The fourth-order valence-electron chi connectivity index (χ4n) is 2.74. The molecular weight excluding hydrogens is 370 g/mol. The van der Waals surface area contributed by atoms with Gasteiger partial charge in [-0.05, 0) is 23.8 Å². The second-order valence-electron chi connectivity index (χ2n) is 5.82. The third kappa shape index (κ3) is 2.63. The molecule has 1 aliphatic rings. The van der Waals surface area contributed by atoms with Crippen molar-refractivity contribution in [3.8, 4) is 0 Å². The Morgan fingerprint density at radius 1 is 1.12 bits per heavy atom. The van der Waals surface area contributed by atoms with E-state index in [4.69, 9.17) is 0 Å². The number of anilines is 1. The smallest absolute Gasteiger partial charge is 0.362 e. The molecule has 9 heteroatoms. The zero-order valence-electron chi connectivity index (χ0n) is 13.0. The van der Waals surface area contributed by atoms with Crippen molar-refractivity contribution in [1.29, 1.82) is 0 Å². The Balaban J connectivity index is 1.84. The van der Waals surface area contributed by atoms with Crippen LogP contribution in [-0.2, 0) is 0 Å².